The Morgan fingerprint density at radius 1 is 1.26 bits per heavy atom. The van der Waals surface area contributed by atoms with Crippen LogP contribution in [0.4, 0.5) is 0 Å². The van der Waals surface area contributed by atoms with Crippen LogP contribution in [0.3, 0.4) is 0 Å². The summed E-state index contributed by atoms with van der Waals surface area (Å²) in [5, 5.41) is 0. The van der Waals surface area contributed by atoms with Crippen molar-refractivity contribution in [2.24, 2.45) is 0 Å². The van der Waals surface area contributed by atoms with Crippen molar-refractivity contribution in [3.8, 4) is 0 Å². The Morgan fingerprint density at radius 3 is 2.37 bits per heavy atom. The molecular weight excluding hydrogens is 306 g/mol. The molecule has 0 fully saturated rings. The Kier molecular flexibility index (Phi) is 3.85. The fraction of sp³-hybridized carbons (Fsp3) is 0.357. The fourth-order valence-electron chi connectivity index (χ4n) is 2.06. The van der Waals surface area contributed by atoms with Crippen LogP contribution in [-0.2, 0) is 0 Å². The summed E-state index contributed by atoms with van der Waals surface area (Å²) in [6, 6.07) is 6.03. The van der Waals surface area contributed by atoms with Crippen LogP contribution in [0.2, 0.25) is 0 Å². The summed E-state index contributed by atoms with van der Waals surface area (Å²) in [5.41, 5.74) is 5.58. The second-order valence-electron chi connectivity index (χ2n) is 4.94. The molecule has 0 aliphatic rings. The van der Waals surface area contributed by atoms with Gasteiger partial charge in [-0.25, -0.2) is 0 Å². The van der Waals surface area contributed by atoms with Gasteiger partial charge in [0.2, 0.25) is 0 Å². The third-order valence-electron chi connectivity index (χ3n) is 3.09. The fourth-order valence-corrected chi connectivity index (χ4v) is 2.50. The number of hydrogen-bond donors (Lipinski definition) is 1. The zero-order valence-corrected chi connectivity index (χ0v) is 13.2. The van der Waals surface area contributed by atoms with Gasteiger partial charge >= 0.3 is 0 Å². The van der Waals surface area contributed by atoms with Crippen molar-refractivity contribution in [3.05, 3.63) is 46.0 Å². The molecule has 0 saturated carbocycles. The first-order valence-electron chi connectivity index (χ1n) is 6.24. The minimum Gasteiger partial charge on any atom is -0.340 e. The predicted octanol–water partition coefficient (Wildman–Crippen LogP) is 3.63. The highest BCUT2D eigenvalue weighted by atomic mass is 79.9. The van der Waals surface area contributed by atoms with Gasteiger partial charge in [0.1, 0.15) is 5.69 Å². The lowest BCUT2D eigenvalue weighted by molar-refractivity contribution is 0.0996. The Labute approximate surface area is 121 Å². The quantitative estimate of drug-likeness (QED) is 0.920. The Hall–Kier alpha value is -1.49. The molecule has 0 aliphatic carbocycles. The molecule has 4 nitrogen and oxygen atoms in total. The molecule has 2 aromatic heterocycles. The van der Waals surface area contributed by atoms with Gasteiger partial charge < -0.3 is 4.57 Å². The van der Waals surface area contributed by atoms with Crippen LogP contribution in [0.25, 0.3) is 0 Å². The largest absolute Gasteiger partial charge is 0.340 e. The van der Waals surface area contributed by atoms with Gasteiger partial charge in [-0.3, -0.25) is 14.9 Å². The maximum atomic E-state index is 12.4. The lowest BCUT2D eigenvalue weighted by Gasteiger charge is -2.15. The van der Waals surface area contributed by atoms with E-state index in [2.05, 4.69) is 35.2 Å². The lowest BCUT2D eigenvalue weighted by Crippen LogP contribution is -2.27. The van der Waals surface area contributed by atoms with E-state index in [1.165, 1.54) is 0 Å². The molecule has 19 heavy (non-hydrogen) atoms. The van der Waals surface area contributed by atoms with Crippen molar-refractivity contribution in [2.45, 2.75) is 33.7 Å². The number of carbonyl (C=O) groups is 1. The summed E-state index contributed by atoms with van der Waals surface area (Å²) in [5.74, 6) is -0.109. The van der Waals surface area contributed by atoms with Crippen LogP contribution >= 0.6 is 15.9 Å². The van der Waals surface area contributed by atoms with E-state index in [-0.39, 0.29) is 11.9 Å². The van der Waals surface area contributed by atoms with E-state index in [0.29, 0.717) is 5.69 Å². The molecule has 5 heteroatoms. The Morgan fingerprint density at radius 2 is 1.84 bits per heavy atom. The maximum absolute atomic E-state index is 12.4. The standard InChI is InChI=1S/C14H18BrN3O/c1-9(2)17-8-12(15)7-13(17)14(19)16-18-10(3)5-6-11(18)4/h5-9H,1-4H3,(H,16,19). The molecule has 1 N–H and O–H groups in total. The van der Waals surface area contributed by atoms with E-state index in [0.717, 1.165) is 15.9 Å². The first-order chi connectivity index (χ1) is 8.90. The molecule has 102 valence electrons. The second-order valence-corrected chi connectivity index (χ2v) is 5.85. The van der Waals surface area contributed by atoms with Crippen molar-refractivity contribution >= 4 is 21.8 Å². The molecule has 0 bridgehead atoms. The van der Waals surface area contributed by atoms with Gasteiger partial charge in [0.25, 0.3) is 5.91 Å². The van der Waals surface area contributed by atoms with Crippen LogP contribution in [0.1, 0.15) is 41.8 Å². The predicted molar refractivity (Wildman–Crippen MR) is 80.1 cm³/mol. The van der Waals surface area contributed by atoms with E-state index >= 15 is 0 Å². The number of nitrogens with zero attached hydrogens (tertiary/aromatic N) is 2. The Balaban J connectivity index is 2.30. The van der Waals surface area contributed by atoms with Gasteiger partial charge in [0.15, 0.2) is 0 Å². The van der Waals surface area contributed by atoms with E-state index in [1.807, 2.05) is 42.8 Å². The Bertz CT molecular complexity index is 591. The third kappa shape index (κ3) is 2.76. The van der Waals surface area contributed by atoms with Crippen LogP contribution in [0.15, 0.2) is 28.9 Å². The first kappa shape index (κ1) is 13.9. The van der Waals surface area contributed by atoms with Gasteiger partial charge in [-0.1, -0.05) is 0 Å². The number of nitrogens with one attached hydrogen (secondary N) is 1. The number of rotatable bonds is 3. The number of amides is 1. The molecular formula is C14H18BrN3O. The second kappa shape index (κ2) is 5.25. The number of aromatic nitrogens is 2. The van der Waals surface area contributed by atoms with Crippen LogP contribution in [-0.4, -0.2) is 15.2 Å². The summed E-state index contributed by atoms with van der Waals surface area (Å²) < 4.78 is 4.66. The van der Waals surface area contributed by atoms with Crippen molar-refractivity contribution in [2.75, 3.05) is 5.43 Å². The summed E-state index contributed by atoms with van der Waals surface area (Å²) in [4.78, 5) is 12.4. The van der Waals surface area contributed by atoms with Crippen LogP contribution in [0.5, 0.6) is 0 Å². The minimum atomic E-state index is -0.109. The molecule has 0 aromatic carbocycles. The van der Waals surface area contributed by atoms with E-state index in [4.69, 9.17) is 0 Å². The molecule has 2 aromatic rings. The molecule has 0 atom stereocenters. The average molecular weight is 324 g/mol. The molecule has 0 unspecified atom stereocenters. The minimum absolute atomic E-state index is 0.109. The molecule has 0 spiro atoms. The first-order valence-corrected chi connectivity index (χ1v) is 7.03. The maximum Gasteiger partial charge on any atom is 0.286 e. The lowest BCUT2D eigenvalue weighted by atomic mass is 10.3. The van der Waals surface area contributed by atoms with E-state index in [1.54, 1.807) is 4.68 Å². The summed E-state index contributed by atoms with van der Waals surface area (Å²) in [6.45, 7) is 8.03. The van der Waals surface area contributed by atoms with Crippen molar-refractivity contribution in [1.82, 2.24) is 9.24 Å². The molecule has 0 saturated heterocycles. The molecule has 2 rings (SSSR count). The van der Waals surface area contributed by atoms with Crippen LogP contribution in [0, 0.1) is 13.8 Å². The number of halogens is 1. The monoisotopic (exact) mass is 323 g/mol. The van der Waals surface area contributed by atoms with Gasteiger partial charge in [-0.15, -0.1) is 0 Å². The zero-order valence-electron chi connectivity index (χ0n) is 11.6. The van der Waals surface area contributed by atoms with Gasteiger partial charge in [-0.2, -0.15) is 0 Å². The van der Waals surface area contributed by atoms with Crippen molar-refractivity contribution < 1.29 is 4.79 Å². The zero-order chi connectivity index (χ0) is 14.2. The highest BCUT2D eigenvalue weighted by molar-refractivity contribution is 9.10. The van der Waals surface area contributed by atoms with Crippen molar-refractivity contribution in [3.63, 3.8) is 0 Å². The molecule has 0 radical (unpaired) electrons. The number of aryl methyl sites for hydroxylation is 2. The third-order valence-corrected chi connectivity index (χ3v) is 3.52. The highest BCUT2D eigenvalue weighted by Gasteiger charge is 2.16. The smallest absolute Gasteiger partial charge is 0.286 e. The van der Waals surface area contributed by atoms with Crippen molar-refractivity contribution in [1.29, 1.82) is 0 Å². The summed E-state index contributed by atoms with van der Waals surface area (Å²) >= 11 is 3.42. The van der Waals surface area contributed by atoms with Crippen LogP contribution < -0.4 is 5.43 Å². The summed E-state index contributed by atoms with van der Waals surface area (Å²) in [7, 11) is 0. The van der Waals surface area contributed by atoms with Gasteiger partial charge in [0.05, 0.1) is 0 Å². The molecule has 0 aliphatic heterocycles. The van der Waals surface area contributed by atoms with Gasteiger partial charge in [-0.05, 0) is 61.8 Å². The van der Waals surface area contributed by atoms with E-state index < -0.39 is 0 Å². The number of carbonyl (C=O) groups excluding carboxylic acids is 1. The SMILES string of the molecule is Cc1ccc(C)n1NC(=O)c1cc(Br)cn1C(C)C. The molecule has 2 heterocycles. The summed E-state index contributed by atoms with van der Waals surface area (Å²) in [6.07, 6.45) is 1.93. The molecule has 1 amide bonds. The highest BCUT2D eigenvalue weighted by Crippen LogP contribution is 2.19. The van der Waals surface area contributed by atoms with Gasteiger partial charge in [0, 0.05) is 28.1 Å². The normalized spacial score (nSPS) is 11.1. The average Bonchev–Trinajstić information content (AvgIpc) is 2.87. The topological polar surface area (TPSA) is 39.0 Å². The van der Waals surface area contributed by atoms with E-state index in [9.17, 15) is 4.79 Å². The number of hydrogen-bond acceptors (Lipinski definition) is 1.